The maximum atomic E-state index is 11.6. The number of hydrogen-bond donors (Lipinski definition) is 0. The van der Waals surface area contributed by atoms with E-state index in [-0.39, 0.29) is 17.2 Å². The molecular formula is C17H34O4. The minimum absolute atomic E-state index is 0.143. The summed E-state index contributed by atoms with van der Waals surface area (Å²) in [6.45, 7) is 16.0. The lowest BCUT2D eigenvalue weighted by atomic mass is 10.0. The smallest absolute Gasteiger partial charge is 0.305 e. The number of esters is 1. The van der Waals surface area contributed by atoms with Crippen LogP contribution in [0.1, 0.15) is 67.7 Å². The van der Waals surface area contributed by atoms with Crippen LogP contribution in [0.4, 0.5) is 0 Å². The number of carbonyl (C=O) groups is 1. The van der Waals surface area contributed by atoms with Gasteiger partial charge in [0.05, 0.1) is 24.4 Å². The lowest BCUT2D eigenvalue weighted by molar-refractivity contribution is -0.146. The standard InChI is InChI=1S/C17H34O4/c1-8-20-17(6,7)11-12-21-16(4,5)10-9-15(18)19-13-14(2)3/h14H,8-13H2,1-7H3. The summed E-state index contributed by atoms with van der Waals surface area (Å²) in [5.74, 6) is 0.231. The molecule has 0 fully saturated rings. The maximum absolute atomic E-state index is 11.6. The Hall–Kier alpha value is -0.610. The second-order valence-electron chi connectivity index (χ2n) is 7.13. The number of ether oxygens (including phenoxy) is 3. The molecule has 0 unspecified atom stereocenters. The third kappa shape index (κ3) is 11.7. The Morgan fingerprint density at radius 3 is 2.10 bits per heavy atom. The summed E-state index contributed by atoms with van der Waals surface area (Å²) < 4.78 is 16.7. The third-order valence-electron chi connectivity index (χ3n) is 3.24. The van der Waals surface area contributed by atoms with Crippen molar-refractivity contribution < 1.29 is 19.0 Å². The lowest BCUT2D eigenvalue weighted by Crippen LogP contribution is -2.31. The SMILES string of the molecule is CCOC(C)(C)CCOC(C)(C)CCC(=O)OCC(C)C. The zero-order valence-electron chi connectivity index (χ0n) is 15.0. The monoisotopic (exact) mass is 302 g/mol. The highest BCUT2D eigenvalue weighted by Crippen LogP contribution is 2.20. The van der Waals surface area contributed by atoms with Crippen molar-refractivity contribution in [3.63, 3.8) is 0 Å². The normalized spacial score (nSPS) is 12.8. The maximum Gasteiger partial charge on any atom is 0.305 e. The van der Waals surface area contributed by atoms with Crippen molar-refractivity contribution in [3.8, 4) is 0 Å². The molecule has 0 amide bonds. The van der Waals surface area contributed by atoms with Gasteiger partial charge in [-0.2, -0.15) is 0 Å². The van der Waals surface area contributed by atoms with Gasteiger partial charge in [0.15, 0.2) is 0 Å². The van der Waals surface area contributed by atoms with Gasteiger partial charge in [0.1, 0.15) is 0 Å². The Morgan fingerprint density at radius 2 is 1.57 bits per heavy atom. The van der Waals surface area contributed by atoms with E-state index >= 15 is 0 Å². The van der Waals surface area contributed by atoms with Crippen LogP contribution in [0.25, 0.3) is 0 Å². The zero-order chi connectivity index (χ0) is 16.5. The zero-order valence-corrected chi connectivity index (χ0v) is 15.0. The van der Waals surface area contributed by atoms with Gasteiger partial charge in [-0.15, -0.1) is 0 Å². The van der Waals surface area contributed by atoms with Gasteiger partial charge >= 0.3 is 5.97 Å². The minimum atomic E-state index is -0.320. The Morgan fingerprint density at radius 1 is 1.00 bits per heavy atom. The number of carbonyl (C=O) groups excluding carboxylic acids is 1. The summed E-state index contributed by atoms with van der Waals surface area (Å²) in [5, 5.41) is 0. The van der Waals surface area contributed by atoms with Gasteiger partial charge in [0.2, 0.25) is 0 Å². The van der Waals surface area contributed by atoms with E-state index in [1.165, 1.54) is 0 Å². The van der Waals surface area contributed by atoms with Crippen molar-refractivity contribution in [2.75, 3.05) is 19.8 Å². The van der Waals surface area contributed by atoms with Crippen molar-refractivity contribution in [1.29, 1.82) is 0 Å². The predicted octanol–water partition coefficient (Wildman–Crippen LogP) is 3.97. The molecule has 0 heterocycles. The molecule has 4 heteroatoms. The molecule has 0 radical (unpaired) electrons. The van der Waals surface area contributed by atoms with Crippen LogP contribution in [0.15, 0.2) is 0 Å². The molecule has 21 heavy (non-hydrogen) atoms. The second kappa shape index (κ2) is 9.42. The van der Waals surface area contributed by atoms with Crippen LogP contribution in [-0.2, 0) is 19.0 Å². The van der Waals surface area contributed by atoms with Crippen molar-refractivity contribution in [1.82, 2.24) is 0 Å². The highest BCUT2D eigenvalue weighted by atomic mass is 16.5. The Bertz CT molecular complexity index is 295. The summed E-state index contributed by atoms with van der Waals surface area (Å²) in [4.78, 5) is 11.6. The van der Waals surface area contributed by atoms with E-state index in [1.807, 2.05) is 34.6 Å². The fraction of sp³-hybridized carbons (Fsp3) is 0.941. The van der Waals surface area contributed by atoms with Crippen molar-refractivity contribution in [3.05, 3.63) is 0 Å². The lowest BCUT2D eigenvalue weighted by Gasteiger charge is -2.29. The van der Waals surface area contributed by atoms with Crippen LogP contribution in [0.3, 0.4) is 0 Å². The molecule has 0 spiro atoms. The molecule has 0 aliphatic heterocycles. The quantitative estimate of drug-likeness (QED) is 0.542. The van der Waals surface area contributed by atoms with Crippen LogP contribution < -0.4 is 0 Å². The van der Waals surface area contributed by atoms with Crippen LogP contribution in [-0.4, -0.2) is 37.0 Å². The van der Waals surface area contributed by atoms with Crippen LogP contribution in [0, 0.1) is 5.92 Å². The van der Waals surface area contributed by atoms with Crippen LogP contribution >= 0.6 is 0 Å². The van der Waals surface area contributed by atoms with Gasteiger partial charge in [-0.05, 0) is 53.4 Å². The summed E-state index contributed by atoms with van der Waals surface area (Å²) in [5.41, 5.74) is -0.486. The van der Waals surface area contributed by atoms with E-state index in [2.05, 4.69) is 13.8 Å². The van der Waals surface area contributed by atoms with Crippen LogP contribution in [0.5, 0.6) is 0 Å². The second-order valence-corrected chi connectivity index (χ2v) is 7.13. The van der Waals surface area contributed by atoms with Crippen molar-refractivity contribution in [2.45, 2.75) is 78.9 Å². The van der Waals surface area contributed by atoms with Crippen LogP contribution in [0.2, 0.25) is 0 Å². The summed E-state index contributed by atoms with van der Waals surface area (Å²) in [6.07, 6.45) is 1.90. The first-order valence-corrected chi connectivity index (χ1v) is 8.01. The minimum Gasteiger partial charge on any atom is -0.465 e. The van der Waals surface area contributed by atoms with E-state index < -0.39 is 0 Å². The van der Waals surface area contributed by atoms with Gasteiger partial charge in [-0.1, -0.05) is 13.8 Å². The first-order valence-electron chi connectivity index (χ1n) is 8.01. The molecule has 0 N–H and O–H groups in total. The average Bonchev–Trinajstić information content (AvgIpc) is 2.33. The number of rotatable bonds is 11. The molecule has 0 aromatic carbocycles. The van der Waals surface area contributed by atoms with Crippen molar-refractivity contribution in [2.24, 2.45) is 5.92 Å². The summed E-state index contributed by atoms with van der Waals surface area (Å²) in [7, 11) is 0. The highest BCUT2D eigenvalue weighted by molar-refractivity contribution is 5.69. The first-order chi connectivity index (χ1) is 9.58. The Kier molecular flexibility index (Phi) is 9.14. The Balaban J connectivity index is 3.95. The molecule has 0 bridgehead atoms. The van der Waals surface area contributed by atoms with E-state index in [0.29, 0.717) is 38.6 Å². The summed E-state index contributed by atoms with van der Waals surface area (Å²) in [6, 6.07) is 0. The molecule has 0 rings (SSSR count). The topological polar surface area (TPSA) is 44.8 Å². The fourth-order valence-corrected chi connectivity index (χ4v) is 1.84. The largest absolute Gasteiger partial charge is 0.465 e. The van der Waals surface area contributed by atoms with Gasteiger partial charge in [-0.3, -0.25) is 4.79 Å². The molecule has 4 nitrogen and oxygen atoms in total. The van der Waals surface area contributed by atoms with Gasteiger partial charge in [0, 0.05) is 13.0 Å². The Labute approximate surface area is 130 Å². The molecule has 0 aliphatic carbocycles. The van der Waals surface area contributed by atoms with Crippen molar-refractivity contribution >= 4 is 5.97 Å². The molecular weight excluding hydrogens is 268 g/mol. The van der Waals surface area contributed by atoms with E-state index in [1.54, 1.807) is 0 Å². The highest BCUT2D eigenvalue weighted by Gasteiger charge is 2.23. The van der Waals surface area contributed by atoms with E-state index in [4.69, 9.17) is 14.2 Å². The average molecular weight is 302 g/mol. The molecule has 0 aliphatic rings. The van der Waals surface area contributed by atoms with E-state index in [9.17, 15) is 4.79 Å². The first kappa shape index (κ1) is 20.4. The molecule has 0 saturated heterocycles. The van der Waals surface area contributed by atoms with Gasteiger partial charge in [-0.25, -0.2) is 0 Å². The number of hydrogen-bond acceptors (Lipinski definition) is 4. The third-order valence-corrected chi connectivity index (χ3v) is 3.24. The summed E-state index contributed by atoms with van der Waals surface area (Å²) >= 11 is 0. The fourth-order valence-electron chi connectivity index (χ4n) is 1.84. The predicted molar refractivity (Wildman–Crippen MR) is 85.4 cm³/mol. The molecule has 0 aromatic heterocycles. The molecule has 126 valence electrons. The molecule has 0 aromatic rings. The van der Waals surface area contributed by atoms with Gasteiger partial charge in [0.25, 0.3) is 0 Å². The van der Waals surface area contributed by atoms with E-state index in [0.717, 1.165) is 6.42 Å². The van der Waals surface area contributed by atoms with Gasteiger partial charge < -0.3 is 14.2 Å². The molecule has 0 atom stereocenters. The molecule has 0 saturated carbocycles.